The minimum absolute atomic E-state index is 0.0248. The number of carbonyl (C=O) groups is 1. The lowest BCUT2D eigenvalue weighted by Crippen LogP contribution is -2.48. The van der Waals surface area contributed by atoms with Gasteiger partial charge in [-0.3, -0.25) is 4.79 Å². The van der Waals surface area contributed by atoms with Crippen LogP contribution in [0.25, 0.3) is 0 Å². The molecule has 0 spiro atoms. The number of benzene rings is 1. The summed E-state index contributed by atoms with van der Waals surface area (Å²) in [4.78, 5) is 16.3. The van der Waals surface area contributed by atoms with Crippen molar-refractivity contribution in [2.75, 3.05) is 11.9 Å². The van der Waals surface area contributed by atoms with Crippen molar-refractivity contribution in [2.45, 2.75) is 89.6 Å². The third-order valence-electron chi connectivity index (χ3n) is 8.60. The van der Waals surface area contributed by atoms with Gasteiger partial charge in [-0.2, -0.15) is 5.10 Å². The molecule has 0 bridgehead atoms. The SMILES string of the molecule is CCC1(CC)C[C@H](OCc2ccccc2)CN1C(=O)c1cnn2c1N[C@@H](C1C=CC=CC1)CC2(C)C. The van der Waals surface area contributed by atoms with Crippen LogP contribution >= 0.6 is 0 Å². The van der Waals surface area contributed by atoms with E-state index in [0.717, 1.165) is 43.5 Å². The van der Waals surface area contributed by atoms with Gasteiger partial charge >= 0.3 is 0 Å². The number of fused-ring (bicyclic) bond motifs is 1. The molecule has 1 aliphatic carbocycles. The van der Waals surface area contributed by atoms with Gasteiger partial charge < -0.3 is 15.0 Å². The average molecular weight is 489 g/mol. The zero-order chi connectivity index (χ0) is 25.3. The van der Waals surface area contributed by atoms with Crippen LogP contribution in [-0.4, -0.2) is 44.8 Å². The summed E-state index contributed by atoms with van der Waals surface area (Å²) in [6, 6.07) is 10.5. The highest BCUT2D eigenvalue weighted by molar-refractivity contribution is 5.99. The summed E-state index contributed by atoms with van der Waals surface area (Å²) in [7, 11) is 0. The minimum atomic E-state index is -0.201. The van der Waals surface area contributed by atoms with E-state index in [1.807, 2.05) is 22.9 Å². The lowest BCUT2D eigenvalue weighted by atomic mass is 9.82. The number of carbonyl (C=O) groups excluding carboxylic acids is 1. The maximum Gasteiger partial charge on any atom is 0.259 e. The number of anilines is 1. The summed E-state index contributed by atoms with van der Waals surface area (Å²) in [6.45, 7) is 10.0. The molecule has 1 aromatic heterocycles. The molecule has 3 aliphatic rings. The van der Waals surface area contributed by atoms with Crippen LogP contribution < -0.4 is 5.32 Å². The van der Waals surface area contributed by atoms with Gasteiger partial charge in [0.1, 0.15) is 11.4 Å². The summed E-state index contributed by atoms with van der Waals surface area (Å²) in [6.07, 6.45) is 15.2. The first kappa shape index (κ1) is 24.8. The van der Waals surface area contributed by atoms with Gasteiger partial charge in [-0.1, -0.05) is 68.5 Å². The summed E-state index contributed by atoms with van der Waals surface area (Å²) in [5.41, 5.74) is 1.47. The maximum atomic E-state index is 14.2. The monoisotopic (exact) mass is 488 g/mol. The molecule has 192 valence electrons. The van der Waals surface area contributed by atoms with Crippen molar-refractivity contribution in [3.05, 3.63) is 72.0 Å². The van der Waals surface area contributed by atoms with Crippen molar-refractivity contribution in [3.8, 4) is 0 Å². The van der Waals surface area contributed by atoms with Crippen molar-refractivity contribution in [3.63, 3.8) is 0 Å². The van der Waals surface area contributed by atoms with E-state index < -0.39 is 0 Å². The van der Waals surface area contributed by atoms with Crippen molar-refractivity contribution in [2.24, 2.45) is 5.92 Å². The fourth-order valence-electron chi connectivity index (χ4n) is 6.37. The first-order valence-electron chi connectivity index (χ1n) is 13.5. The Morgan fingerprint density at radius 3 is 2.61 bits per heavy atom. The number of amides is 1. The fourth-order valence-corrected chi connectivity index (χ4v) is 6.37. The molecule has 1 N–H and O–H groups in total. The molecule has 1 aromatic carbocycles. The molecule has 1 unspecified atom stereocenters. The number of hydrogen-bond acceptors (Lipinski definition) is 4. The molecule has 1 amide bonds. The number of aromatic nitrogens is 2. The lowest BCUT2D eigenvalue weighted by molar-refractivity contribution is 0.0436. The molecular weight excluding hydrogens is 448 g/mol. The fraction of sp³-hybridized carbons (Fsp3) is 0.533. The van der Waals surface area contributed by atoms with Gasteiger partial charge in [-0.15, -0.1) is 0 Å². The second-order valence-corrected chi connectivity index (χ2v) is 11.3. The van der Waals surface area contributed by atoms with Gasteiger partial charge in [0.05, 0.1) is 24.4 Å². The summed E-state index contributed by atoms with van der Waals surface area (Å²) in [5.74, 6) is 1.33. The van der Waals surface area contributed by atoms with E-state index in [1.165, 1.54) is 0 Å². The Hall–Kier alpha value is -2.86. The summed E-state index contributed by atoms with van der Waals surface area (Å²) in [5, 5.41) is 8.45. The van der Waals surface area contributed by atoms with E-state index in [-0.39, 0.29) is 29.1 Å². The van der Waals surface area contributed by atoms with Crippen LogP contribution in [0, 0.1) is 5.92 Å². The smallest absolute Gasteiger partial charge is 0.259 e. The van der Waals surface area contributed by atoms with Gasteiger partial charge in [0.2, 0.25) is 0 Å². The molecule has 1 fully saturated rings. The Balaban J connectivity index is 1.39. The molecule has 3 atom stereocenters. The highest BCUT2D eigenvalue weighted by atomic mass is 16.5. The molecule has 2 aromatic rings. The highest BCUT2D eigenvalue weighted by Gasteiger charge is 2.48. The topological polar surface area (TPSA) is 59.4 Å². The Morgan fingerprint density at radius 2 is 1.92 bits per heavy atom. The Kier molecular flexibility index (Phi) is 6.82. The van der Waals surface area contributed by atoms with E-state index in [1.54, 1.807) is 6.20 Å². The number of nitrogens with zero attached hydrogens (tertiary/aromatic N) is 3. The van der Waals surface area contributed by atoms with Gasteiger partial charge in [0.15, 0.2) is 0 Å². The zero-order valence-corrected chi connectivity index (χ0v) is 22.1. The predicted octanol–water partition coefficient (Wildman–Crippen LogP) is 5.92. The van der Waals surface area contributed by atoms with Crippen molar-refractivity contribution in [1.82, 2.24) is 14.7 Å². The molecule has 6 heteroatoms. The van der Waals surface area contributed by atoms with Gasteiger partial charge in [-0.25, -0.2) is 4.68 Å². The quantitative estimate of drug-likeness (QED) is 0.525. The molecule has 6 nitrogen and oxygen atoms in total. The molecule has 5 rings (SSSR count). The second-order valence-electron chi connectivity index (χ2n) is 11.3. The first-order valence-corrected chi connectivity index (χ1v) is 13.5. The minimum Gasteiger partial charge on any atom is -0.372 e. The largest absolute Gasteiger partial charge is 0.372 e. The number of likely N-dealkylation sites (tertiary alicyclic amines) is 1. The van der Waals surface area contributed by atoms with E-state index in [9.17, 15) is 4.79 Å². The molecular formula is C30H40N4O2. The molecule has 3 heterocycles. The Labute approximate surface area is 215 Å². The Morgan fingerprint density at radius 1 is 1.14 bits per heavy atom. The normalized spacial score (nSPS) is 26.0. The van der Waals surface area contributed by atoms with Gasteiger partial charge in [-0.05, 0) is 51.5 Å². The average Bonchev–Trinajstić information content (AvgIpc) is 3.51. The molecule has 0 saturated carbocycles. The number of rotatable bonds is 7. The van der Waals surface area contributed by atoms with E-state index in [4.69, 9.17) is 9.84 Å². The van der Waals surface area contributed by atoms with E-state index in [0.29, 0.717) is 24.6 Å². The standard InChI is InChI=1S/C30H40N4O2/c1-5-30(6-2)17-24(36-21-22-13-9-7-10-14-22)20-33(30)28(35)25-19-31-34-27(25)32-26(18-29(34,3)4)23-15-11-8-12-16-23/h7-15,19,23-24,26,32H,5-6,16-18,20-21H2,1-4H3/t23?,24-,26+/m0/s1. The Bertz CT molecular complexity index is 1130. The summed E-state index contributed by atoms with van der Waals surface area (Å²) < 4.78 is 8.37. The zero-order valence-electron chi connectivity index (χ0n) is 22.1. The van der Waals surface area contributed by atoms with Gasteiger partial charge in [0.25, 0.3) is 5.91 Å². The van der Waals surface area contributed by atoms with Crippen LogP contribution in [0.2, 0.25) is 0 Å². The predicted molar refractivity (Wildman–Crippen MR) is 144 cm³/mol. The van der Waals surface area contributed by atoms with Crippen LogP contribution in [0.5, 0.6) is 0 Å². The number of allylic oxidation sites excluding steroid dienone is 3. The number of nitrogens with one attached hydrogen (secondary N) is 1. The molecule has 36 heavy (non-hydrogen) atoms. The third-order valence-corrected chi connectivity index (χ3v) is 8.60. The number of ether oxygens (including phenoxy) is 1. The van der Waals surface area contributed by atoms with Crippen LogP contribution in [0.4, 0.5) is 5.82 Å². The molecule has 0 radical (unpaired) electrons. The van der Waals surface area contributed by atoms with E-state index >= 15 is 0 Å². The van der Waals surface area contributed by atoms with Crippen molar-refractivity contribution >= 4 is 11.7 Å². The molecule has 1 saturated heterocycles. The molecule has 2 aliphatic heterocycles. The number of hydrogen-bond donors (Lipinski definition) is 1. The van der Waals surface area contributed by atoms with Gasteiger partial charge in [0, 0.05) is 24.0 Å². The highest BCUT2D eigenvalue weighted by Crippen LogP contribution is 2.41. The maximum absolute atomic E-state index is 14.2. The lowest BCUT2D eigenvalue weighted by Gasteiger charge is -2.41. The second kappa shape index (κ2) is 9.89. The van der Waals surface area contributed by atoms with E-state index in [2.05, 4.69) is 74.3 Å². The summed E-state index contributed by atoms with van der Waals surface area (Å²) >= 11 is 0. The van der Waals surface area contributed by atoms with Crippen LogP contribution in [-0.2, 0) is 16.9 Å². The van der Waals surface area contributed by atoms with Crippen molar-refractivity contribution in [1.29, 1.82) is 0 Å². The third kappa shape index (κ3) is 4.52. The van der Waals surface area contributed by atoms with Crippen LogP contribution in [0.15, 0.2) is 60.8 Å². The van der Waals surface area contributed by atoms with Crippen molar-refractivity contribution < 1.29 is 9.53 Å². The van der Waals surface area contributed by atoms with Crippen LogP contribution in [0.1, 0.15) is 75.7 Å². The van der Waals surface area contributed by atoms with Crippen LogP contribution in [0.3, 0.4) is 0 Å². The first-order chi connectivity index (χ1) is 17.4.